The predicted molar refractivity (Wildman–Crippen MR) is 99.6 cm³/mol. The molecule has 1 N–H and O–H groups in total. The molecule has 5 atom stereocenters. The Bertz CT molecular complexity index is 785. The first kappa shape index (κ1) is 18.3. The SMILES string of the molecule is CC(=O)Oc1cc2c(cc1O)CC[C@@H]1[C@@H]2CC[C@]2(C)C(OC(C)=O)CC[C@@H]12. The third kappa shape index (κ3) is 3.01. The average Bonchev–Trinajstić information content (AvgIpc) is 2.91. The molecule has 1 aromatic carbocycles. The molecule has 0 aliphatic heterocycles. The first-order valence-corrected chi connectivity index (χ1v) is 10.0. The van der Waals surface area contributed by atoms with Crippen molar-refractivity contribution < 1.29 is 24.2 Å². The fraction of sp³-hybridized carbons (Fsp3) is 0.636. The van der Waals surface area contributed by atoms with Crippen molar-refractivity contribution in [2.24, 2.45) is 17.3 Å². The van der Waals surface area contributed by atoms with Crippen LogP contribution in [0.5, 0.6) is 11.5 Å². The van der Waals surface area contributed by atoms with Crippen LogP contribution in [-0.4, -0.2) is 23.1 Å². The van der Waals surface area contributed by atoms with Gasteiger partial charge in [0.05, 0.1) is 0 Å². The summed E-state index contributed by atoms with van der Waals surface area (Å²) in [5, 5.41) is 10.2. The molecule has 1 unspecified atom stereocenters. The third-order valence-corrected chi connectivity index (χ3v) is 7.28. The van der Waals surface area contributed by atoms with E-state index < -0.39 is 5.97 Å². The smallest absolute Gasteiger partial charge is 0.308 e. The van der Waals surface area contributed by atoms with E-state index in [9.17, 15) is 14.7 Å². The van der Waals surface area contributed by atoms with Crippen molar-refractivity contribution in [1.82, 2.24) is 0 Å². The first-order chi connectivity index (χ1) is 12.8. The minimum absolute atomic E-state index is 0.0266. The highest BCUT2D eigenvalue weighted by Crippen LogP contribution is 2.62. The maximum absolute atomic E-state index is 11.5. The maximum atomic E-state index is 11.5. The molecule has 0 spiro atoms. The summed E-state index contributed by atoms with van der Waals surface area (Å²) in [5.41, 5.74) is 2.45. The molecule has 4 rings (SSSR count). The number of aryl methyl sites for hydroxylation is 1. The zero-order valence-electron chi connectivity index (χ0n) is 16.3. The Morgan fingerprint density at radius 2 is 1.89 bits per heavy atom. The van der Waals surface area contributed by atoms with Crippen LogP contribution in [-0.2, 0) is 20.7 Å². The minimum Gasteiger partial charge on any atom is -0.504 e. The van der Waals surface area contributed by atoms with Gasteiger partial charge in [0.1, 0.15) is 6.10 Å². The molecular weight excluding hydrogens is 344 g/mol. The van der Waals surface area contributed by atoms with Crippen molar-refractivity contribution in [3.05, 3.63) is 23.3 Å². The molecule has 3 aliphatic rings. The van der Waals surface area contributed by atoms with Gasteiger partial charge in [-0.2, -0.15) is 0 Å². The number of ether oxygens (including phenoxy) is 2. The molecule has 0 radical (unpaired) electrons. The molecule has 3 aliphatic carbocycles. The van der Waals surface area contributed by atoms with E-state index in [4.69, 9.17) is 9.47 Å². The second-order valence-corrected chi connectivity index (χ2v) is 8.75. The summed E-state index contributed by atoms with van der Waals surface area (Å²) in [6.07, 6.45) is 6.16. The summed E-state index contributed by atoms with van der Waals surface area (Å²) in [6, 6.07) is 3.65. The van der Waals surface area contributed by atoms with Crippen molar-refractivity contribution >= 4 is 11.9 Å². The normalized spacial score (nSPS) is 34.2. The van der Waals surface area contributed by atoms with Crippen LogP contribution < -0.4 is 4.74 Å². The quantitative estimate of drug-likeness (QED) is 0.625. The zero-order valence-corrected chi connectivity index (χ0v) is 16.3. The van der Waals surface area contributed by atoms with E-state index >= 15 is 0 Å². The second-order valence-electron chi connectivity index (χ2n) is 8.75. The zero-order chi connectivity index (χ0) is 19.3. The lowest BCUT2D eigenvalue weighted by atomic mass is 9.55. The van der Waals surface area contributed by atoms with Gasteiger partial charge in [0.15, 0.2) is 11.5 Å². The summed E-state index contributed by atoms with van der Waals surface area (Å²) < 4.78 is 10.9. The lowest BCUT2D eigenvalue weighted by Crippen LogP contribution is -2.45. The predicted octanol–water partition coefficient (Wildman–Crippen LogP) is 4.11. The van der Waals surface area contributed by atoms with Crippen molar-refractivity contribution in [3.63, 3.8) is 0 Å². The van der Waals surface area contributed by atoms with Crippen molar-refractivity contribution in [2.75, 3.05) is 0 Å². The number of carbonyl (C=O) groups is 2. The number of carbonyl (C=O) groups excluding carboxylic acids is 2. The Morgan fingerprint density at radius 1 is 1.11 bits per heavy atom. The van der Waals surface area contributed by atoms with Gasteiger partial charge in [-0.3, -0.25) is 9.59 Å². The fourth-order valence-electron chi connectivity index (χ4n) is 6.17. The van der Waals surface area contributed by atoms with Crippen LogP contribution in [0.15, 0.2) is 12.1 Å². The number of esters is 2. The number of hydrogen-bond acceptors (Lipinski definition) is 5. The molecule has 0 heterocycles. The van der Waals surface area contributed by atoms with Crippen LogP contribution in [0.1, 0.15) is 69.9 Å². The van der Waals surface area contributed by atoms with Crippen LogP contribution in [0.3, 0.4) is 0 Å². The van der Waals surface area contributed by atoms with E-state index in [1.807, 2.05) is 6.07 Å². The Hall–Kier alpha value is -2.04. The van der Waals surface area contributed by atoms with Crippen LogP contribution >= 0.6 is 0 Å². The van der Waals surface area contributed by atoms with Gasteiger partial charge in [0.25, 0.3) is 0 Å². The van der Waals surface area contributed by atoms with E-state index in [0.29, 0.717) is 17.8 Å². The molecule has 146 valence electrons. The molecule has 5 nitrogen and oxygen atoms in total. The molecule has 2 fully saturated rings. The van der Waals surface area contributed by atoms with Crippen LogP contribution in [0.4, 0.5) is 0 Å². The highest BCUT2D eigenvalue weighted by atomic mass is 16.5. The Labute approximate surface area is 160 Å². The van der Waals surface area contributed by atoms with Crippen molar-refractivity contribution in [1.29, 1.82) is 0 Å². The topological polar surface area (TPSA) is 72.8 Å². The number of phenols is 1. The molecule has 2 saturated carbocycles. The van der Waals surface area contributed by atoms with Crippen LogP contribution in [0.2, 0.25) is 0 Å². The summed E-state index contributed by atoms with van der Waals surface area (Å²) in [5.74, 6) is 1.20. The lowest BCUT2D eigenvalue weighted by Gasteiger charge is -2.50. The molecular formula is C22H28O5. The average molecular weight is 372 g/mol. The van der Waals surface area contributed by atoms with Gasteiger partial charge in [0.2, 0.25) is 0 Å². The number of benzene rings is 1. The number of fused-ring (bicyclic) bond motifs is 5. The fourth-order valence-corrected chi connectivity index (χ4v) is 6.17. The Kier molecular flexibility index (Phi) is 4.44. The number of hydrogen-bond donors (Lipinski definition) is 1. The molecule has 0 amide bonds. The van der Waals surface area contributed by atoms with E-state index in [1.54, 1.807) is 6.07 Å². The molecule has 1 aromatic rings. The van der Waals surface area contributed by atoms with Crippen LogP contribution in [0, 0.1) is 17.3 Å². The molecule has 0 aromatic heterocycles. The van der Waals surface area contributed by atoms with E-state index in [1.165, 1.54) is 25.0 Å². The lowest BCUT2D eigenvalue weighted by molar-refractivity contribution is -0.154. The summed E-state index contributed by atoms with van der Waals surface area (Å²) >= 11 is 0. The van der Waals surface area contributed by atoms with Gasteiger partial charge < -0.3 is 14.6 Å². The van der Waals surface area contributed by atoms with Crippen molar-refractivity contribution in [3.8, 4) is 11.5 Å². The van der Waals surface area contributed by atoms with Gasteiger partial charge in [0, 0.05) is 19.3 Å². The Morgan fingerprint density at radius 3 is 2.59 bits per heavy atom. The monoisotopic (exact) mass is 372 g/mol. The number of phenolic OH excluding ortho intramolecular Hbond substituents is 1. The maximum Gasteiger partial charge on any atom is 0.308 e. The Balaban J connectivity index is 1.64. The van der Waals surface area contributed by atoms with E-state index in [0.717, 1.165) is 38.5 Å². The van der Waals surface area contributed by atoms with Gasteiger partial charge in [-0.1, -0.05) is 6.92 Å². The second kappa shape index (κ2) is 6.54. The van der Waals surface area contributed by atoms with E-state index in [2.05, 4.69) is 6.92 Å². The number of aromatic hydroxyl groups is 1. The molecule has 5 heteroatoms. The molecule has 27 heavy (non-hydrogen) atoms. The third-order valence-electron chi connectivity index (χ3n) is 7.28. The van der Waals surface area contributed by atoms with Crippen LogP contribution in [0.25, 0.3) is 0 Å². The highest BCUT2D eigenvalue weighted by Gasteiger charge is 2.56. The van der Waals surface area contributed by atoms with Crippen molar-refractivity contribution in [2.45, 2.75) is 71.3 Å². The van der Waals surface area contributed by atoms with Gasteiger partial charge in [-0.05, 0) is 79.5 Å². The molecule has 0 saturated heterocycles. The summed E-state index contributed by atoms with van der Waals surface area (Å²) in [7, 11) is 0. The van der Waals surface area contributed by atoms with E-state index in [-0.39, 0.29) is 29.0 Å². The minimum atomic E-state index is -0.422. The summed E-state index contributed by atoms with van der Waals surface area (Å²) in [6.45, 7) is 5.15. The van der Waals surface area contributed by atoms with Gasteiger partial charge in [-0.25, -0.2) is 0 Å². The number of rotatable bonds is 2. The summed E-state index contributed by atoms with van der Waals surface area (Å²) in [4.78, 5) is 22.9. The van der Waals surface area contributed by atoms with Gasteiger partial charge >= 0.3 is 11.9 Å². The standard InChI is InChI=1S/C22H28O5/c1-12(23)26-20-11-17-14(10-19(20)25)4-5-16-15(17)8-9-22(3)18(16)6-7-21(22)27-13(2)24/h10-11,15-16,18,21,25H,4-9H2,1-3H3/t15-,16+,18-,21?,22-/m0/s1. The highest BCUT2D eigenvalue weighted by molar-refractivity contribution is 5.70. The first-order valence-electron chi connectivity index (χ1n) is 10.0. The largest absolute Gasteiger partial charge is 0.504 e. The molecule has 0 bridgehead atoms. The van der Waals surface area contributed by atoms with Gasteiger partial charge in [-0.15, -0.1) is 0 Å².